The third kappa shape index (κ3) is 6.07. The van der Waals surface area contributed by atoms with Gasteiger partial charge < -0.3 is 10.1 Å². The third-order valence-corrected chi connectivity index (χ3v) is 4.15. The number of carbonyl (C=O) groups is 1. The molecule has 2 N–H and O–H groups in total. The fourth-order valence-electron chi connectivity index (χ4n) is 2.67. The van der Waals surface area contributed by atoms with Crippen LogP contribution in [0.15, 0.2) is 96.1 Å². The number of benzene rings is 3. The summed E-state index contributed by atoms with van der Waals surface area (Å²) in [6, 6.07) is 27.1. The molecule has 0 saturated heterocycles. The Morgan fingerprint density at radius 3 is 2.31 bits per heavy atom. The van der Waals surface area contributed by atoms with Crippen LogP contribution in [0.1, 0.15) is 11.1 Å². The van der Waals surface area contributed by atoms with Gasteiger partial charge in [0.2, 0.25) is 0 Å². The molecule has 0 radical (unpaired) electrons. The molecule has 0 atom stereocenters. The fourth-order valence-corrected chi connectivity index (χ4v) is 2.67. The van der Waals surface area contributed by atoms with Gasteiger partial charge in [0.05, 0.1) is 25.1 Å². The first kappa shape index (κ1) is 19.9. The molecule has 3 aromatic rings. The van der Waals surface area contributed by atoms with Crippen LogP contribution in [0.5, 0.6) is 5.75 Å². The summed E-state index contributed by atoms with van der Waals surface area (Å²) in [5, 5.41) is 7.38. The first-order valence-corrected chi connectivity index (χ1v) is 9.28. The Balaban J connectivity index is 1.69. The van der Waals surface area contributed by atoms with Gasteiger partial charge in [0.15, 0.2) is 0 Å². The fraction of sp³-hybridized carbons (Fsp3) is 0.0833. The van der Waals surface area contributed by atoms with Gasteiger partial charge in [0, 0.05) is 5.56 Å². The van der Waals surface area contributed by atoms with E-state index >= 15 is 0 Å². The van der Waals surface area contributed by atoms with Gasteiger partial charge in [-0.1, -0.05) is 78.9 Å². The molecule has 5 heteroatoms. The van der Waals surface area contributed by atoms with Crippen molar-refractivity contribution in [1.82, 2.24) is 5.43 Å². The Kier molecular flexibility index (Phi) is 7.18. The van der Waals surface area contributed by atoms with Crippen molar-refractivity contribution in [1.29, 1.82) is 0 Å². The third-order valence-electron chi connectivity index (χ3n) is 4.15. The molecular formula is C24H23N3O2. The topological polar surface area (TPSA) is 62.7 Å². The van der Waals surface area contributed by atoms with E-state index < -0.39 is 0 Å². The van der Waals surface area contributed by atoms with Crippen molar-refractivity contribution >= 4 is 23.4 Å². The SMILES string of the molecule is COc1ccccc1NCC(=O)N/N=C(\C=C/c1ccccc1)c1ccccc1. The quantitative estimate of drug-likeness (QED) is 0.448. The molecule has 0 unspecified atom stereocenters. The van der Waals surface area contributed by atoms with Gasteiger partial charge in [-0.15, -0.1) is 0 Å². The van der Waals surface area contributed by atoms with Crippen LogP contribution < -0.4 is 15.5 Å². The lowest BCUT2D eigenvalue weighted by Gasteiger charge is -2.10. The Morgan fingerprint density at radius 2 is 1.59 bits per heavy atom. The van der Waals surface area contributed by atoms with Crippen molar-refractivity contribution in [3.63, 3.8) is 0 Å². The second kappa shape index (κ2) is 10.5. The van der Waals surface area contributed by atoms with Crippen LogP contribution in [0.3, 0.4) is 0 Å². The minimum absolute atomic E-state index is 0.0777. The van der Waals surface area contributed by atoms with Gasteiger partial charge in [-0.3, -0.25) is 4.79 Å². The number of nitrogens with zero attached hydrogens (tertiary/aromatic N) is 1. The molecule has 1 amide bonds. The van der Waals surface area contributed by atoms with Crippen molar-refractivity contribution in [2.24, 2.45) is 5.10 Å². The van der Waals surface area contributed by atoms with Crippen LogP contribution in [0.25, 0.3) is 6.08 Å². The Morgan fingerprint density at radius 1 is 0.931 bits per heavy atom. The highest BCUT2D eigenvalue weighted by atomic mass is 16.5. The molecule has 0 aliphatic carbocycles. The minimum Gasteiger partial charge on any atom is -0.495 e. The van der Waals surface area contributed by atoms with E-state index in [1.807, 2.05) is 97.1 Å². The van der Waals surface area contributed by atoms with E-state index in [0.717, 1.165) is 16.8 Å². The smallest absolute Gasteiger partial charge is 0.259 e. The monoisotopic (exact) mass is 385 g/mol. The predicted molar refractivity (Wildman–Crippen MR) is 118 cm³/mol. The van der Waals surface area contributed by atoms with E-state index in [4.69, 9.17) is 4.74 Å². The number of rotatable bonds is 8. The summed E-state index contributed by atoms with van der Waals surface area (Å²) in [5.74, 6) is 0.428. The first-order valence-electron chi connectivity index (χ1n) is 9.28. The van der Waals surface area contributed by atoms with Crippen LogP contribution in [0.4, 0.5) is 5.69 Å². The molecule has 0 spiro atoms. The van der Waals surface area contributed by atoms with E-state index in [-0.39, 0.29) is 12.5 Å². The van der Waals surface area contributed by atoms with Gasteiger partial charge in [0.25, 0.3) is 5.91 Å². The van der Waals surface area contributed by atoms with Gasteiger partial charge in [-0.2, -0.15) is 5.10 Å². The lowest BCUT2D eigenvalue weighted by Crippen LogP contribution is -2.27. The molecule has 146 valence electrons. The summed E-state index contributed by atoms with van der Waals surface area (Å²) >= 11 is 0. The Bertz CT molecular complexity index is 983. The van der Waals surface area contributed by atoms with E-state index in [9.17, 15) is 4.79 Å². The zero-order valence-corrected chi connectivity index (χ0v) is 16.2. The molecule has 3 rings (SSSR count). The molecule has 0 fully saturated rings. The Labute approximate surface area is 170 Å². The number of ether oxygens (including phenoxy) is 1. The maximum absolute atomic E-state index is 12.3. The number of carbonyl (C=O) groups excluding carboxylic acids is 1. The molecule has 0 saturated carbocycles. The minimum atomic E-state index is -0.252. The lowest BCUT2D eigenvalue weighted by molar-refractivity contribution is -0.119. The number of hydrazone groups is 1. The average molecular weight is 385 g/mol. The molecular weight excluding hydrogens is 362 g/mol. The molecule has 3 aromatic carbocycles. The molecule has 0 heterocycles. The number of hydrogen-bond donors (Lipinski definition) is 2. The first-order chi connectivity index (χ1) is 14.3. The summed E-state index contributed by atoms with van der Waals surface area (Å²) in [4.78, 5) is 12.3. The number of methoxy groups -OCH3 is 1. The van der Waals surface area contributed by atoms with E-state index in [1.54, 1.807) is 7.11 Å². The van der Waals surface area contributed by atoms with Crippen molar-refractivity contribution in [2.75, 3.05) is 19.0 Å². The number of para-hydroxylation sites is 2. The number of amides is 1. The zero-order chi connectivity index (χ0) is 20.3. The number of anilines is 1. The van der Waals surface area contributed by atoms with Gasteiger partial charge >= 0.3 is 0 Å². The highest BCUT2D eigenvalue weighted by Crippen LogP contribution is 2.22. The van der Waals surface area contributed by atoms with Crippen LogP contribution in [-0.2, 0) is 4.79 Å². The summed E-state index contributed by atoms with van der Waals surface area (Å²) < 4.78 is 5.28. The Hall–Kier alpha value is -3.86. The normalized spacial score (nSPS) is 11.3. The largest absolute Gasteiger partial charge is 0.495 e. The van der Waals surface area contributed by atoms with Crippen LogP contribution in [-0.4, -0.2) is 25.3 Å². The standard InChI is InChI=1S/C24H23N3O2/c1-29-23-15-9-8-14-22(23)25-18-24(28)27-26-21(20-12-6-3-7-13-20)17-16-19-10-4-2-5-11-19/h2-17,25H,18H2,1H3,(H,27,28)/b17-16-,26-21+. The average Bonchev–Trinajstić information content (AvgIpc) is 2.79. The molecule has 29 heavy (non-hydrogen) atoms. The van der Waals surface area contributed by atoms with E-state index in [2.05, 4.69) is 15.8 Å². The maximum atomic E-state index is 12.3. The van der Waals surface area contributed by atoms with Gasteiger partial charge in [-0.25, -0.2) is 5.43 Å². The second-order valence-electron chi connectivity index (χ2n) is 6.20. The number of nitrogens with one attached hydrogen (secondary N) is 2. The van der Waals surface area contributed by atoms with Crippen LogP contribution in [0, 0.1) is 0 Å². The van der Waals surface area contributed by atoms with E-state index in [1.165, 1.54) is 0 Å². The highest BCUT2D eigenvalue weighted by molar-refractivity contribution is 6.11. The maximum Gasteiger partial charge on any atom is 0.259 e. The lowest BCUT2D eigenvalue weighted by atomic mass is 10.1. The van der Waals surface area contributed by atoms with Crippen molar-refractivity contribution < 1.29 is 9.53 Å². The summed E-state index contributed by atoms with van der Waals surface area (Å²) in [5.41, 5.74) is 6.01. The van der Waals surface area contributed by atoms with Gasteiger partial charge in [-0.05, 0) is 23.8 Å². The van der Waals surface area contributed by atoms with Crippen LogP contribution >= 0.6 is 0 Å². The van der Waals surface area contributed by atoms with Crippen molar-refractivity contribution in [2.45, 2.75) is 0 Å². The molecule has 0 aromatic heterocycles. The number of hydrogen-bond acceptors (Lipinski definition) is 4. The molecule has 0 bridgehead atoms. The van der Waals surface area contributed by atoms with Crippen molar-refractivity contribution in [3.05, 3.63) is 102 Å². The molecule has 0 aliphatic rings. The van der Waals surface area contributed by atoms with Crippen LogP contribution in [0.2, 0.25) is 0 Å². The molecule has 5 nitrogen and oxygen atoms in total. The molecule has 0 aliphatic heterocycles. The zero-order valence-electron chi connectivity index (χ0n) is 16.2. The summed E-state index contributed by atoms with van der Waals surface area (Å²) in [6.07, 6.45) is 3.85. The summed E-state index contributed by atoms with van der Waals surface area (Å²) in [6.45, 7) is 0.0777. The van der Waals surface area contributed by atoms with Crippen molar-refractivity contribution in [3.8, 4) is 5.75 Å². The highest BCUT2D eigenvalue weighted by Gasteiger charge is 2.05. The predicted octanol–water partition coefficient (Wildman–Crippen LogP) is 4.34. The van der Waals surface area contributed by atoms with Gasteiger partial charge in [0.1, 0.15) is 5.75 Å². The number of allylic oxidation sites excluding steroid dienone is 1. The van der Waals surface area contributed by atoms with E-state index in [0.29, 0.717) is 11.5 Å². The summed E-state index contributed by atoms with van der Waals surface area (Å²) in [7, 11) is 1.59. The second-order valence-corrected chi connectivity index (χ2v) is 6.20.